The van der Waals surface area contributed by atoms with E-state index in [1.165, 1.54) is 12.1 Å². The highest BCUT2D eigenvalue weighted by Crippen LogP contribution is 2.42. The van der Waals surface area contributed by atoms with Gasteiger partial charge >= 0.3 is 6.18 Å². The summed E-state index contributed by atoms with van der Waals surface area (Å²) in [6.07, 6.45) is -3.54. The number of benzene rings is 1. The Bertz CT molecular complexity index is 999. The molecule has 0 spiro atoms. The summed E-state index contributed by atoms with van der Waals surface area (Å²) in [5, 5.41) is 3.31. The van der Waals surface area contributed by atoms with Crippen molar-refractivity contribution in [1.29, 1.82) is 0 Å². The van der Waals surface area contributed by atoms with Crippen LogP contribution in [0.4, 0.5) is 24.9 Å². The first-order valence-corrected chi connectivity index (χ1v) is 7.98. The Labute approximate surface area is 139 Å². The third-order valence-electron chi connectivity index (χ3n) is 4.97. The number of fused-ring (bicyclic) bond motifs is 5. The van der Waals surface area contributed by atoms with E-state index in [1.54, 1.807) is 0 Å². The molecule has 2 saturated heterocycles. The Morgan fingerprint density at radius 3 is 2.80 bits per heavy atom. The molecule has 2 bridgehead atoms. The summed E-state index contributed by atoms with van der Waals surface area (Å²) in [6, 6.07) is 4.44. The molecule has 0 saturated carbocycles. The van der Waals surface area contributed by atoms with Crippen LogP contribution in [0.1, 0.15) is 12.0 Å². The van der Waals surface area contributed by atoms with Gasteiger partial charge in [0.1, 0.15) is 11.1 Å². The lowest BCUT2D eigenvalue weighted by atomic mass is 10.1. The average molecular weight is 349 g/mol. The fraction of sp³-hybridized carbons (Fsp3) is 0.375. The highest BCUT2D eigenvalue weighted by Gasteiger charge is 2.40. The maximum Gasteiger partial charge on any atom is 0.417 e. The zero-order valence-electron chi connectivity index (χ0n) is 13.0. The molecule has 130 valence electrons. The Hall–Kier alpha value is -2.55. The van der Waals surface area contributed by atoms with Crippen LogP contribution >= 0.6 is 0 Å². The van der Waals surface area contributed by atoms with Gasteiger partial charge in [-0.3, -0.25) is 0 Å². The van der Waals surface area contributed by atoms with Crippen molar-refractivity contribution in [2.24, 2.45) is 0 Å². The molecule has 4 heterocycles. The Balaban J connectivity index is 1.81. The van der Waals surface area contributed by atoms with Crippen molar-refractivity contribution in [1.82, 2.24) is 15.3 Å². The number of halogens is 3. The largest absolute Gasteiger partial charge is 0.450 e. The highest BCUT2D eigenvalue weighted by molar-refractivity contribution is 6.08. The fourth-order valence-electron chi connectivity index (χ4n) is 3.94. The minimum atomic E-state index is -4.51. The second-order valence-corrected chi connectivity index (χ2v) is 6.51. The molecule has 0 aliphatic carbocycles. The van der Waals surface area contributed by atoms with Crippen molar-refractivity contribution >= 4 is 33.8 Å². The van der Waals surface area contributed by atoms with Gasteiger partial charge in [-0.25, -0.2) is 4.98 Å². The molecule has 2 aliphatic heterocycles. The van der Waals surface area contributed by atoms with Gasteiger partial charge in [-0.15, -0.1) is 0 Å². The van der Waals surface area contributed by atoms with Crippen LogP contribution in [-0.4, -0.2) is 35.1 Å². The number of hydrogen-bond donors (Lipinski definition) is 2. The third kappa shape index (κ3) is 2.08. The molecule has 3 N–H and O–H groups in total. The maximum atomic E-state index is 13.4. The van der Waals surface area contributed by atoms with E-state index in [4.69, 9.17) is 10.2 Å². The zero-order valence-corrected chi connectivity index (χ0v) is 13.0. The number of rotatable bonds is 1. The summed E-state index contributed by atoms with van der Waals surface area (Å²) in [4.78, 5) is 10.4. The van der Waals surface area contributed by atoms with Crippen molar-refractivity contribution in [2.45, 2.75) is 24.7 Å². The Morgan fingerprint density at radius 1 is 1.28 bits per heavy atom. The number of nitrogen functional groups attached to an aromatic ring is 1. The molecule has 2 fully saturated rings. The molecule has 5 rings (SSSR count). The number of furan rings is 1. The van der Waals surface area contributed by atoms with Gasteiger partial charge in [0, 0.05) is 25.2 Å². The number of aromatic nitrogens is 2. The average Bonchev–Trinajstić information content (AvgIpc) is 3.26. The van der Waals surface area contributed by atoms with Crippen LogP contribution in [0.2, 0.25) is 0 Å². The summed E-state index contributed by atoms with van der Waals surface area (Å²) < 4.78 is 46.0. The molecular weight excluding hydrogens is 335 g/mol. The number of nitrogens with zero attached hydrogens (tertiary/aromatic N) is 3. The van der Waals surface area contributed by atoms with E-state index in [9.17, 15) is 13.2 Å². The minimum Gasteiger partial charge on any atom is -0.450 e. The van der Waals surface area contributed by atoms with Crippen LogP contribution in [-0.2, 0) is 6.18 Å². The summed E-state index contributed by atoms with van der Waals surface area (Å²) in [7, 11) is 0. The molecule has 3 aromatic rings. The van der Waals surface area contributed by atoms with Gasteiger partial charge in [-0.05, 0) is 18.6 Å². The number of anilines is 2. The topological polar surface area (TPSA) is 80.2 Å². The summed E-state index contributed by atoms with van der Waals surface area (Å²) in [5.74, 6) is 0.415. The van der Waals surface area contributed by atoms with Gasteiger partial charge in [0.05, 0.1) is 10.9 Å². The first kappa shape index (κ1) is 14.8. The molecule has 0 amide bonds. The van der Waals surface area contributed by atoms with Crippen molar-refractivity contribution in [3.05, 3.63) is 23.8 Å². The number of alkyl halides is 3. The second-order valence-electron chi connectivity index (χ2n) is 6.51. The highest BCUT2D eigenvalue weighted by atomic mass is 19.4. The van der Waals surface area contributed by atoms with Gasteiger partial charge in [-0.1, -0.05) is 6.07 Å². The summed E-state index contributed by atoms with van der Waals surface area (Å²) >= 11 is 0. The fourth-order valence-corrected chi connectivity index (χ4v) is 3.94. The molecule has 2 aromatic heterocycles. The van der Waals surface area contributed by atoms with Crippen LogP contribution in [0.15, 0.2) is 22.6 Å². The predicted molar refractivity (Wildman–Crippen MR) is 86.3 cm³/mol. The van der Waals surface area contributed by atoms with Gasteiger partial charge in [0.15, 0.2) is 11.4 Å². The maximum absolute atomic E-state index is 13.4. The predicted octanol–water partition coefficient (Wildman–Crippen LogP) is 2.53. The number of nitrogens with one attached hydrogen (secondary N) is 1. The molecule has 1 aromatic carbocycles. The van der Waals surface area contributed by atoms with Crippen LogP contribution in [0.5, 0.6) is 0 Å². The summed E-state index contributed by atoms with van der Waals surface area (Å²) in [6.45, 7) is 1.53. The quantitative estimate of drug-likeness (QED) is 0.703. The molecule has 6 nitrogen and oxygen atoms in total. The van der Waals surface area contributed by atoms with Gasteiger partial charge in [0.2, 0.25) is 5.95 Å². The van der Waals surface area contributed by atoms with E-state index < -0.39 is 11.7 Å². The van der Waals surface area contributed by atoms with Crippen molar-refractivity contribution in [3.63, 3.8) is 0 Å². The van der Waals surface area contributed by atoms with Crippen LogP contribution in [0.3, 0.4) is 0 Å². The van der Waals surface area contributed by atoms with E-state index in [-0.39, 0.29) is 34.1 Å². The van der Waals surface area contributed by atoms with Gasteiger partial charge in [0.25, 0.3) is 0 Å². The van der Waals surface area contributed by atoms with Crippen molar-refractivity contribution in [2.75, 3.05) is 23.7 Å². The third-order valence-corrected chi connectivity index (χ3v) is 4.97. The van der Waals surface area contributed by atoms with Gasteiger partial charge in [-0.2, -0.15) is 18.2 Å². The lowest BCUT2D eigenvalue weighted by Crippen LogP contribution is -2.44. The van der Waals surface area contributed by atoms with Crippen molar-refractivity contribution < 1.29 is 17.6 Å². The van der Waals surface area contributed by atoms with E-state index in [1.807, 2.05) is 0 Å². The molecular formula is C16H14F3N5O. The molecule has 2 atom stereocenters. The van der Waals surface area contributed by atoms with Crippen LogP contribution < -0.4 is 16.0 Å². The van der Waals surface area contributed by atoms with E-state index in [0.717, 1.165) is 25.6 Å². The van der Waals surface area contributed by atoms with Crippen LogP contribution in [0, 0.1) is 0 Å². The van der Waals surface area contributed by atoms with E-state index in [2.05, 4.69) is 20.2 Å². The van der Waals surface area contributed by atoms with Crippen LogP contribution in [0.25, 0.3) is 22.1 Å². The number of piperazine rings is 1. The molecule has 1 unspecified atom stereocenters. The minimum absolute atomic E-state index is 0.0575. The number of hydrogen-bond acceptors (Lipinski definition) is 6. The molecule has 9 heteroatoms. The van der Waals surface area contributed by atoms with Gasteiger partial charge < -0.3 is 20.4 Å². The smallest absolute Gasteiger partial charge is 0.417 e. The molecule has 0 radical (unpaired) electrons. The van der Waals surface area contributed by atoms with E-state index >= 15 is 0 Å². The first-order chi connectivity index (χ1) is 11.9. The Kier molecular flexibility index (Phi) is 2.81. The lowest BCUT2D eigenvalue weighted by Gasteiger charge is -2.28. The second kappa shape index (κ2) is 4.75. The first-order valence-electron chi connectivity index (χ1n) is 7.98. The SMILES string of the molecule is Nc1nc(N2C[C@@H]3CC2CN3)c2oc3cccc(C(F)(F)F)c3c2n1. The van der Waals surface area contributed by atoms with E-state index in [0.29, 0.717) is 11.9 Å². The molecule has 25 heavy (non-hydrogen) atoms. The Morgan fingerprint density at radius 2 is 2.12 bits per heavy atom. The summed E-state index contributed by atoms with van der Waals surface area (Å²) in [5.41, 5.74) is 5.53. The normalized spacial score (nSPS) is 23.2. The monoisotopic (exact) mass is 349 g/mol. The van der Waals surface area contributed by atoms with Crippen molar-refractivity contribution in [3.8, 4) is 0 Å². The lowest BCUT2D eigenvalue weighted by molar-refractivity contribution is -0.136. The zero-order chi connectivity index (χ0) is 17.3. The molecule has 2 aliphatic rings. The number of nitrogens with two attached hydrogens (primary N) is 1. The standard InChI is InChI=1S/C16H14F3N5O/c17-16(18,19)9-2-1-3-10-11(9)12-13(25-10)14(23-15(20)22-12)24-6-7-4-8(24)5-21-7/h1-3,7-8,21H,4-6H2,(H2,20,22,23)/t7-,8?/m0/s1.